The van der Waals surface area contributed by atoms with Gasteiger partial charge in [-0.05, 0) is 13.0 Å². The Morgan fingerprint density at radius 2 is 2.29 bits per heavy atom. The van der Waals surface area contributed by atoms with Crippen LogP contribution >= 0.6 is 11.6 Å². The summed E-state index contributed by atoms with van der Waals surface area (Å²) in [5.41, 5.74) is 4.59. The fourth-order valence-corrected chi connectivity index (χ4v) is 1.44. The average Bonchev–Trinajstić information content (AvgIpc) is 2.28. The van der Waals surface area contributed by atoms with Crippen molar-refractivity contribution in [3.05, 3.63) is 28.0 Å². The van der Waals surface area contributed by atoms with E-state index in [1.54, 1.807) is 6.92 Å². The SMILES string of the molecule is CCOC(=O)c1nc(Cl)c(CN)cc1C(F)F. The zero-order valence-electron chi connectivity index (χ0n) is 9.04. The number of hydrogen-bond donors (Lipinski definition) is 1. The summed E-state index contributed by atoms with van der Waals surface area (Å²) in [6, 6.07) is 1.08. The molecule has 1 aromatic rings. The summed E-state index contributed by atoms with van der Waals surface area (Å²) in [4.78, 5) is 15.0. The van der Waals surface area contributed by atoms with Gasteiger partial charge >= 0.3 is 5.97 Å². The number of esters is 1. The van der Waals surface area contributed by atoms with E-state index in [0.29, 0.717) is 0 Å². The highest BCUT2D eigenvalue weighted by Crippen LogP contribution is 2.26. The number of pyridine rings is 1. The van der Waals surface area contributed by atoms with E-state index in [0.717, 1.165) is 6.07 Å². The van der Waals surface area contributed by atoms with Gasteiger partial charge in [0.15, 0.2) is 5.69 Å². The monoisotopic (exact) mass is 264 g/mol. The highest BCUT2D eigenvalue weighted by Gasteiger charge is 2.23. The first-order chi connectivity index (χ1) is 8.01. The van der Waals surface area contributed by atoms with Gasteiger partial charge in [-0.2, -0.15) is 0 Å². The van der Waals surface area contributed by atoms with Crippen LogP contribution in [0.5, 0.6) is 0 Å². The van der Waals surface area contributed by atoms with Crippen molar-refractivity contribution in [3.63, 3.8) is 0 Å². The zero-order chi connectivity index (χ0) is 13.0. The number of nitrogens with two attached hydrogens (primary N) is 1. The quantitative estimate of drug-likeness (QED) is 0.669. The Labute approximate surface area is 102 Å². The van der Waals surface area contributed by atoms with Crippen LogP contribution in [0.3, 0.4) is 0 Å². The lowest BCUT2D eigenvalue weighted by molar-refractivity contribution is 0.0507. The number of aromatic nitrogens is 1. The Balaban J connectivity index is 3.27. The predicted molar refractivity (Wildman–Crippen MR) is 58.1 cm³/mol. The number of nitrogens with zero attached hydrogens (tertiary/aromatic N) is 1. The second kappa shape index (κ2) is 5.88. The van der Waals surface area contributed by atoms with Crippen LogP contribution in [0, 0.1) is 0 Å². The molecule has 1 rings (SSSR count). The molecule has 0 amide bonds. The lowest BCUT2D eigenvalue weighted by atomic mass is 10.1. The summed E-state index contributed by atoms with van der Waals surface area (Å²) in [7, 11) is 0. The van der Waals surface area contributed by atoms with Crippen molar-refractivity contribution in [3.8, 4) is 0 Å². The molecular weight excluding hydrogens is 254 g/mol. The van der Waals surface area contributed by atoms with Crippen molar-refractivity contribution in [1.29, 1.82) is 0 Å². The van der Waals surface area contributed by atoms with Gasteiger partial charge in [0.25, 0.3) is 6.43 Å². The van der Waals surface area contributed by atoms with Gasteiger partial charge in [0.1, 0.15) is 5.15 Å². The first-order valence-electron chi connectivity index (χ1n) is 4.85. The highest BCUT2D eigenvalue weighted by molar-refractivity contribution is 6.30. The van der Waals surface area contributed by atoms with Crippen molar-refractivity contribution < 1.29 is 18.3 Å². The standard InChI is InChI=1S/C10H11ClF2N2O2/c1-2-17-10(16)7-6(9(12)13)3-5(4-14)8(11)15-7/h3,9H,2,4,14H2,1H3. The van der Waals surface area contributed by atoms with Crippen LogP contribution in [0.4, 0.5) is 8.78 Å². The van der Waals surface area contributed by atoms with Crippen LogP contribution in [0.2, 0.25) is 5.15 Å². The number of carbonyl (C=O) groups excluding carboxylic acids is 1. The maximum absolute atomic E-state index is 12.7. The Kier molecular flexibility index (Phi) is 4.77. The Bertz CT molecular complexity index is 427. The van der Waals surface area contributed by atoms with Crippen molar-refractivity contribution in [2.24, 2.45) is 5.73 Å². The van der Waals surface area contributed by atoms with Gasteiger partial charge in [-0.3, -0.25) is 0 Å². The molecule has 0 bridgehead atoms. The maximum Gasteiger partial charge on any atom is 0.357 e. The van der Waals surface area contributed by atoms with E-state index in [2.05, 4.69) is 9.72 Å². The average molecular weight is 265 g/mol. The molecule has 0 atom stereocenters. The number of rotatable bonds is 4. The van der Waals surface area contributed by atoms with Crippen LogP contribution in [0.25, 0.3) is 0 Å². The molecule has 0 unspecified atom stereocenters. The summed E-state index contributed by atoms with van der Waals surface area (Å²) in [6.45, 7) is 1.60. The molecule has 0 aliphatic carbocycles. The summed E-state index contributed by atoms with van der Waals surface area (Å²) in [5, 5.41) is -0.0695. The van der Waals surface area contributed by atoms with E-state index >= 15 is 0 Å². The minimum atomic E-state index is -2.84. The molecule has 0 spiro atoms. The van der Waals surface area contributed by atoms with E-state index in [9.17, 15) is 13.6 Å². The molecule has 2 N–H and O–H groups in total. The zero-order valence-corrected chi connectivity index (χ0v) is 9.80. The lowest BCUT2D eigenvalue weighted by Crippen LogP contribution is -2.13. The third-order valence-corrected chi connectivity index (χ3v) is 2.33. The molecule has 0 radical (unpaired) electrons. The highest BCUT2D eigenvalue weighted by atomic mass is 35.5. The van der Waals surface area contributed by atoms with E-state index in [4.69, 9.17) is 17.3 Å². The lowest BCUT2D eigenvalue weighted by Gasteiger charge is -2.10. The van der Waals surface area contributed by atoms with E-state index < -0.39 is 23.7 Å². The van der Waals surface area contributed by atoms with Gasteiger partial charge < -0.3 is 10.5 Å². The normalized spacial score (nSPS) is 10.7. The van der Waals surface area contributed by atoms with Crippen LogP contribution in [-0.4, -0.2) is 17.6 Å². The van der Waals surface area contributed by atoms with Gasteiger partial charge in [0, 0.05) is 12.1 Å². The van der Waals surface area contributed by atoms with E-state index in [1.165, 1.54) is 0 Å². The first-order valence-corrected chi connectivity index (χ1v) is 5.23. The van der Waals surface area contributed by atoms with Gasteiger partial charge in [0.05, 0.1) is 12.2 Å². The Morgan fingerprint density at radius 3 is 2.76 bits per heavy atom. The Hall–Kier alpha value is -1.27. The Morgan fingerprint density at radius 1 is 1.65 bits per heavy atom. The van der Waals surface area contributed by atoms with Gasteiger partial charge in [0.2, 0.25) is 0 Å². The van der Waals surface area contributed by atoms with Crippen LogP contribution in [0.1, 0.15) is 35.0 Å². The molecule has 0 saturated carbocycles. The summed E-state index contributed by atoms with van der Waals surface area (Å²) >= 11 is 5.71. The van der Waals surface area contributed by atoms with E-state index in [-0.39, 0.29) is 23.9 Å². The molecule has 0 saturated heterocycles. The minimum absolute atomic E-state index is 0.0331. The second-order valence-corrected chi connectivity index (χ2v) is 3.46. The van der Waals surface area contributed by atoms with Gasteiger partial charge in [-0.25, -0.2) is 18.6 Å². The number of ether oxygens (including phenoxy) is 1. The smallest absolute Gasteiger partial charge is 0.357 e. The molecule has 7 heteroatoms. The molecule has 0 aliphatic heterocycles. The van der Waals surface area contributed by atoms with Crippen molar-refractivity contribution >= 4 is 17.6 Å². The summed E-state index contributed by atoms with van der Waals surface area (Å²) < 4.78 is 30.1. The predicted octanol–water partition coefficient (Wildman–Crippen LogP) is 2.31. The van der Waals surface area contributed by atoms with E-state index in [1.807, 2.05) is 0 Å². The molecule has 0 aliphatic rings. The molecule has 0 fully saturated rings. The third kappa shape index (κ3) is 3.10. The van der Waals surface area contributed by atoms with Crippen LogP contribution < -0.4 is 5.73 Å². The second-order valence-electron chi connectivity index (χ2n) is 3.10. The number of halogens is 3. The van der Waals surface area contributed by atoms with Gasteiger partial charge in [-0.1, -0.05) is 11.6 Å². The molecule has 94 valence electrons. The topological polar surface area (TPSA) is 65.2 Å². The third-order valence-electron chi connectivity index (χ3n) is 2.00. The molecule has 0 aromatic carbocycles. The number of hydrogen-bond acceptors (Lipinski definition) is 4. The molecule has 1 aromatic heterocycles. The maximum atomic E-state index is 12.7. The van der Waals surface area contributed by atoms with Crippen molar-refractivity contribution in [2.45, 2.75) is 19.9 Å². The fraction of sp³-hybridized carbons (Fsp3) is 0.400. The van der Waals surface area contributed by atoms with Crippen molar-refractivity contribution in [2.75, 3.05) is 6.61 Å². The molecule has 1 heterocycles. The van der Waals surface area contributed by atoms with Crippen LogP contribution in [0.15, 0.2) is 6.07 Å². The summed E-state index contributed by atoms with van der Waals surface area (Å²) in [5.74, 6) is -0.923. The molecular formula is C10H11ClF2N2O2. The largest absolute Gasteiger partial charge is 0.461 e. The van der Waals surface area contributed by atoms with Crippen LogP contribution in [-0.2, 0) is 11.3 Å². The first kappa shape index (κ1) is 13.8. The molecule has 17 heavy (non-hydrogen) atoms. The number of carbonyl (C=O) groups is 1. The van der Waals surface area contributed by atoms with Gasteiger partial charge in [-0.15, -0.1) is 0 Å². The van der Waals surface area contributed by atoms with Crippen molar-refractivity contribution in [1.82, 2.24) is 4.98 Å². The fourth-order valence-electron chi connectivity index (χ4n) is 1.22. The number of alkyl halides is 2. The summed E-state index contributed by atoms with van der Waals surface area (Å²) in [6.07, 6.45) is -2.84. The minimum Gasteiger partial charge on any atom is -0.461 e. The molecule has 4 nitrogen and oxygen atoms in total.